The molecule has 162 valence electrons. The summed E-state index contributed by atoms with van der Waals surface area (Å²) in [7, 11) is 0. The number of Topliss-reactive ketones (excluding diaryl/α,β-unsaturated/α-hetero) is 1. The maximum absolute atomic E-state index is 12.9. The summed E-state index contributed by atoms with van der Waals surface area (Å²) in [5.41, 5.74) is 8.84. The van der Waals surface area contributed by atoms with E-state index in [1.165, 1.54) is 5.56 Å². The zero-order valence-corrected chi connectivity index (χ0v) is 18.3. The van der Waals surface area contributed by atoms with Crippen molar-refractivity contribution in [2.75, 3.05) is 18.0 Å². The van der Waals surface area contributed by atoms with Gasteiger partial charge in [0.05, 0.1) is 24.2 Å². The second-order valence-corrected chi connectivity index (χ2v) is 9.32. The van der Waals surface area contributed by atoms with E-state index in [1.807, 2.05) is 36.4 Å². The summed E-state index contributed by atoms with van der Waals surface area (Å²) in [6.07, 6.45) is 3.58. The normalized spacial score (nSPS) is 17.1. The van der Waals surface area contributed by atoms with E-state index >= 15 is 0 Å². The molecule has 1 aliphatic rings. The summed E-state index contributed by atoms with van der Waals surface area (Å²) < 4.78 is 1.76. The van der Waals surface area contributed by atoms with E-state index < -0.39 is 0 Å². The topological polar surface area (TPSA) is 93.6 Å². The Labute approximate surface area is 182 Å². The fraction of sp³-hybridized carbons (Fsp3) is 0.417. The van der Waals surface area contributed by atoms with Crippen molar-refractivity contribution < 1.29 is 9.59 Å². The monoisotopic (exact) mass is 419 g/mol. The Balaban J connectivity index is 1.60. The summed E-state index contributed by atoms with van der Waals surface area (Å²) in [5.74, 6) is 0.409. The lowest BCUT2D eigenvalue weighted by Crippen LogP contribution is -2.42. The van der Waals surface area contributed by atoms with Crippen molar-refractivity contribution >= 4 is 23.2 Å². The fourth-order valence-electron chi connectivity index (χ4n) is 4.10. The lowest BCUT2D eigenvalue weighted by molar-refractivity contribution is -0.122. The van der Waals surface area contributed by atoms with Crippen molar-refractivity contribution in [3.63, 3.8) is 0 Å². The number of ketones is 1. The van der Waals surface area contributed by atoms with E-state index in [2.05, 4.69) is 35.8 Å². The number of anilines is 1. The van der Waals surface area contributed by atoms with Crippen LogP contribution in [-0.4, -0.2) is 39.4 Å². The molecule has 1 aliphatic heterocycles. The van der Waals surface area contributed by atoms with Crippen LogP contribution in [-0.2, 0) is 16.6 Å². The molecule has 3 heterocycles. The lowest BCUT2D eigenvalue weighted by atomic mass is 9.86. The van der Waals surface area contributed by atoms with Crippen molar-refractivity contribution in [2.45, 2.75) is 45.4 Å². The van der Waals surface area contributed by atoms with Crippen molar-refractivity contribution in [1.29, 1.82) is 0 Å². The number of carbonyl (C=O) groups excluding carboxylic acids is 2. The molecule has 1 unspecified atom stereocenters. The van der Waals surface area contributed by atoms with Crippen molar-refractivity contribution in [1.82, 2.24) is 14.6 Å². The zero-order chi connectivity index (χ0) is 22.2. The molecule has 0 saturated carbocycles. The van der Waals surface area contributed by atoms with Crippen LogP contribution in [0.25, 0.3) is 5.65 Å². The number of hydrogen-bond donors (Lipinski definition) is 1. The van der Waals surface area contributed by atoms with E-state index in [0.717, 1.165) is 25.2 Å². The summed E-state index contributed by atoms with van der Waals surface area (Å²) in [4.78, 5) is 31.4. The van der Waals surface area contributed by atoms with E-state index in [1.54, 1.807) is 10.7 Å². The molecule has 7 nitrogen and oxygen atoms in total. The van der Waals surface area contributed by atoms with Crippen LogP contribution in [0, 0.1) is 5.92 Å². The van der Waals surface area contributed by atoms with Crippen LogP contribution in [0.1, 0.15) is 55.2 Å². The minimum Gasteiger partial charge on any atom is -0.369 e. The molecule has 3 aromatic rings. The Bertz CT molecular complexity index is 1110. The van der Waals surface area contributed by atoms with Crippen LogP contribution in [0.3, 0.4) is 0 Å². The third kappa shape index (κ3) is 4.45. The largest absolute Gasteiger partial charge is 0.369 e. The lowest BCUT2D eigenvalue weighted by Gasteiger charge is -2.33. The Morgan fingerprint density at radius 1 is 1.16 bits per heavy atom. The number of rotatable bonds is 5. The molecule has 1 saturated heterocycles. The van der Waals surface area contributed by atoms with Gasteiger partial charge in [0.15, 0.2) is 11.4 Å². The van der Waals surface area contributed by atoms with E-state index in [-0.39, 0.29) is 29.4 Å². The number of amides is 1. The summed E-state index contributed by atoms with van der Waals surface area (Å²) in [5, 5.41) is 4.39. The molecular formula is C24H29N5O2. The molecule has 2 N–H and O–H groups in total. The zero-order valence-electron chi connectivity index (χ0n) is 18.3. The molecule has 1 atom stereocenters. The molecule has 0 radical (unpaired) electrons. The maximum Gasteiger partial charge on any atom is 0.222 e. The van der Waals surface area contributed by atoms with Crippen molar-refractivity contribution in [3.05, 3.63) is 59.4 Å². The summed E-state index contributed by atoms with van der Waals surface area (Å²) in [6, 6.07) is 11.6. The van der Waals surface area contributed by atoms with Gasteiger partial charge in [-0.05, 0) is 23.8 Å². The molecule has 2 aromatic heterocycles. The number of aromatic nitrogens is 3. The number of hydrogen-bond acceptors (Lipinski definition) is 5. The Hall–Kier alpha value is -3.22. The van der Waals surface area contributed by atoms with Crippen LogP contribution < -0.4 is 10.6 Å². The second kappa shape index (κ2) is 8.13. The van der Waals surface area contributed by atoms with Gasteiger partial charge < -0.3 is 10.6 Å². The molecule has 4 rings (SSSR count). The van der Waals surface area contributed by atoms with Gasteiger partial charge in [0.25, 0.3) is 0 Å². The number of carbonyl (C=O) groups is 2. The molecule has 0 aliphatic carbocycles. The van der Waals surface area contributed by atoms with Gasteiger partial charge in [-0.2, -0.15) is 9.61 Å². The predicted octanol–water partition coefficient (Wildman–Crippen LogP) is 3.15. The summed E-state index contributed by atoms with van der Waals surface area (Å²) in [6.45, 7) is 7.82. The van der Waals surface area contributed by atoms with Gasteiger partial charge >= 0.3 is 0 Å². The van der Waals surface area contributed by atoms with E-state index in [0.29, 0.717) is 23.4 Å². The van der Waals surface area contributed by atoms with Crippen LogP contribution in [0.5, 0.6) is 0 Å². The number of primary amides is 1. The molecular weight excluding hydrogens is 390 g/mol. The maximum atomic E-state index is 12.9. The van der Waals surface area contributed by atoms with Crippen LogP contribution in [0.4, 0.5) is 5.82 Å². The minimum absolute atomic E-state index is 0.0245. The number of fused-ring (bicyclic) bond motifs is 1. The van der Waals surface area contributed by atoms with Gasteiger partial charge in [0.1, 0.15) is 5.82 Å². The van der Waals surface area contributed by atoms with Gasteiger partial charge in [0.2, 0.25) is 5.91 Å². The first kappa shape index (κ1) is 21.0. The number of piperidine rings is 1. The highest BCUT2D eigenvalue weighted by atomic mass is 16.1. The van der Waals surface area contributed by atoms with Gasteiger partial charge in [-0.25, -0.2) is 4.98 Å². The van der Waals surface area contributed by atoms with Gasteiger partial charge in [-0.1, -0.05) is 45.0 Å². The highest BCUT2D eigenvalue weighted by Crippen LogP contribution is 2.25. The highest BCUT2D eigenvalue weighted by molar-refractivity contribution is 5.97. The molecule has 1 aromatic carbocycles. The molecule has 1 amide bonds. The third-order valence-corrected chi connectivity index (χ3v) is 5.96. The Kier molecular flexibility index (Phi) is 5.52. The van der Waals surface area contributed by atoms with Crippen molar-refractivity contribution in [3.8, 4) is 0 Å². The van der Waals surface area contributed by atoms with Crippen LogP contribution in [0.15, 0.2) is 42.6 Å². The third-order valence-electron chi connectivity index (χ3n) is 5.96. The fourth-order valence-corrected chi connectivity index (χ4v) is 4.10. The summed E-state index contributed by atoms with van der Waals surface area (Å²) >= 11 is 0. The highest BCUT2D eigenvalue weighted by Gasteiger charge is 2.26. The van der Waals surface area contributed by atoms with Gasteiger partial charge in [0, 0.05) is 30.8 Å². The Morgan fingerprint density at radius 2 is 1.90 bits per heavy atom. The molecule has 31 heavy (non-hydrogen) atoms. The standard InChI is InChI=1S/C24H29N5O2/c1-24(2,3)18-8-6-16(7-9-18)20(30)13-19-14-22(29-21(27-19)10-11-26-29)28-12-4-5-17(15-28)23(25)31/h6-11,14,17H,4-5,12-13,15H2,1-3H3,(H2,25,31). The average molecular weight is 420 g/mol. The van der Waals surface area contributed by atoms with E-state index in [9.17, 15) is 9.59 Å². The molecule has 0 bridgehead atoms. The van der Waals surface area contributed by atoms with Gasteiger partial charge in [-0.15, -0.1) is 0 Å². The average Bonchev–Trinajstić information content (AvgIpc) is 3.21. The Morgan fingerprint density at radius 3 is 2.58 bits per heavy atom. The SMILES string of the molecule is CC(C)(C)c1ccc(C(=O)Cc2cc(N3CCCC(C(N)=O)C3)n3nccc3n2)cc1. The first-order valence-corrected chi connectivity index (χ1v) is 10.7. The first-order valence-electron chi connectivity index (χ1n) is 10.7. The number of benzene rings is 1. The molecule has 1 fully saturated rings. The van der Waals surface area contributed by atoms with Gasteiger partial charge in [-0.3, -0.25) is 9.59 Å². The van der Waals surface area contributed by atoms with Crippen LogP contribution >= 0.6 is 0 Å². The molecule has 0 spiro atoms. The molecule has 7 heteroatoms. The van der Waals surface area contributed by atoms with Crippen LogP contribution in [0.2, 0.25) is 0 Å². The number of nitrogens with two attached hydrogens (primary N) is 1. The smallest absolute Gasteiger partial charge is 0.222 e. The second-order valence-electron chi connectivity index (χ2n) is 9.32. The van der Waals surface area contributed by atoms with Crippen molar-refractivity contribution in [2.24, 2.45) is 11.7 Å². The minimum atomic E-state index is -0.274. The predicted molar refractivity (Wildman–Crippen MR) is 120 cm³/mol. The first-order chi connectivity index (χ1) is 14.7. The quantitative estimate of drug-likeness (QED) is 0.641. The van der Waals surface area contributed by atoms with E-state index in [4.69, 9.17) is 5.73 Å². The number of nitrogens with zero attached hydrogens (tertiary/aromatic N) is 4.